The van der Waals surface area contributed by atoms with E-state index in [0.717, 1.165) is 13.1 Å². The lowest BCUT2D eigenvalue weighted by atomic mass is 10.0. The molecule has 3 heterocycles. The van der Waals surface area contributed by atoms with Gasteiger partial charge in [-0.15, -0.1) is 0 Å². The van der Waals surface area contributed by atoms with Gasteiger partial charge in [0.25, 0.3) is 0 Å². The molecule has 1 aromatic rings. The molecule has 116 valence electrons. The van der Waals surface area contributed by atoms with Gasteiger partial charge in [0.2, 0.25) is 5.91 Å². The average molecular weight is 291 g/mol. The van der Waals surface area contributed by atoms with Crippen molar-refractivity contribution in [2.75, 3.05) is 38.0 Å². The van der Waals surface area contributed by atoms with Gasteiger partial charge in [-0.3, -0.25) is 19.3 Å². The highest BCUT2D eigenvalue weighted by Crippen LogP contribution is 2.20. The molecule has 1 amide bonds. The fourth-order valence-corrected chi connectivity index (χ4v) is 3.45. The van der Waals surface area contributed by atoms with Crippen LogP contribution in [0.5, 0.6) is 0 Å². The molecule has 2 aliphatic rings. The van der Waals surface area contributed by atoms with Gasteiger partial charge in [-0.2, -0.15) is 5.10 Å². The molecule has 0 bridgehead atoms. The second-order valence-electron chi connectivity index (χ2n) is 6.20. The molecule has 0 radical (unpaired) electrons. The lowest BCUT2D eigenvalue weighted by Gasteiger charge is -2.37. The van der Waals surface area contributed by atoms with Gasteiger partial charge in [0, 0.05) is 31.9 Å². The van der Waals surface area contributed by atoms with Crippen molar-refractivity contribution in [3.05, 3.63) is 12.3 Å². The number of hydrogen-bond donors (Lipinski definition) is 1. The summed E-state index contributed by atoms with van der Waals surface area (Å²) in [6.45, 7) is 4.99. The summed E-state index contributed by atoms with van der Waals surface area (Å²) >= 11 is 0. The van der Waals surface area contributed by atoms with Crippen molar-refractivity contribution in [2.45, 2.75) is 31.7 Å². The van der Waals surface area contributed by atoms with Crippen LogP contribution in [0.25, 0.3) is 0 Å². The number of aryl methyl sites for hydroxylation is 1. The summed E-state index contributed by atoms with van der Waals surface area (Å²) in [4.78, 5) is 17.0. The zero-order chi connectivity index (χ0) is 14.7. The molecule has 0 unspecified atom stereocenters. The maximum absolute atomic E-state index is 12.1. The van der Waals surface area contributed by atoms with Crippen molar-refractivity contribution in [3.8, 4) is 0 Å². The molecule has 1 N–H and O–H groups in total. The Morgan fingerprint density at radius 1 is 1.33 bits per heavy atom. The predicted octanol–water partition coefficient (Wildman–Crippen LogP) is 0.919. The molecule has 6 heteroatoms. The second kappa shape index (κ2) is 6.58. The summed E-state index contributed by atoms with van der Waals surface area (Å²) in [6.07, 6.45) is 6.96. The Morgan fingerprint density at radius 3 is 2.86 bits per heavy atom. The quantitative estimate of drug-likeness (QED) is 0.896. The maximum atomic E-state index is 12.1. The molecule has 0 aliphatic carbocycles. The number of rotatable bonds is 4. The molecule has 2 fully saturated rings. The summed E-state index contributed by atoms with van der Waals surface area (Å²) < 4.78 is 1.69. The summed E-state index contributed by atoms with van der Waals surface area (Å²) in [5.74, 6) is 0.673. The van der Waals surface area contributed by atoms with Crippen LogP contribution in [0.1, 0.15) is 25.7 Å². The third kappa shape index (κ3) is 3.83. The van der Waals surface area contributed by atoms with E-state index in [1.807, 2.05) is 19.3 Å². The lowest BCUT2D eigenvalue weighted by Crippen LogP contribution is -2.48. The van der Waals surface area contributed by atoms with Crippen molar-refractivity contribution in [2.24, 2.45) is 7.05 Å². The van der Waals surface area contributed by atoms with E-state index in [1.54, 1.807) is 4.68 Å². The van der Waals surface area contributed by atoms with Crippen LogP contribution in [0, 0.1) is 0 Å². The fraction of sp³-hybridized carbons (Fsp3) is 0.733. The minimum absolute atomic E-state index is 0.0378. The smallest absolute Gasteiger partial charge is 0.239 e. The summed E-state index contributed by atoms with van der Waals surface area (Å²) in [7, 11) is 1.85. The first-order chi connectivity index (χ1) is 10.2. The van der Waals surface area contributed by atoms with Crippen LogP contribution in [0.4, 0.5) is 5.82 Å². The van der Waals surface area contributed by atoms with Crippen molar-refractivity contribution < 1.29 is 4.79 Å². The van der Waals surface area contributed by atoms with Crippen LogP contribution < -0.4 is 5.32 Å². The Morgan fingerprint density at radius 2 is 2.14 bits per heavy atom. The number of piperidine rings is 1. The van der Waals surface area contributed by atoms with Crippen molar-refractivity contribution >= 4 is 11.7 Å². The van der Waals surface area contributed by atoms with E-state index in [0.29, 0.717) is 18.4 Å². The molecule has 3 rings (SSSR count). The number of nitrogens with zero attached hydrogens (tertiary/aromatic N) is 4. The van der Waals surface area contributed by atoms with Crippen LogP contribution in [0.3, 0.4) is 0 Å². The SMILES string of the molecule is Cn1ccc(NC(=O)CN2CCC[C@@H](N3CCCC3)C2)n1. The van der Waals surface area contributed by atoms with E-state index >= 15 is 0 Å². The normalized spacial score (nSPS) is 24.3. The highest BCUT2D eigenvalue weighted by molar-refractivity contribution is 5.91. The van der Waals surface area contributed by atoms with Gasteiger partial charge in [0.05, 0.1) is 6.54 Å². The van der Waals surface area contributed by atoms with Crippen LogP contribution in [0.2, 0.25) is 0 Å². The second-order valence-corrected chi connectivity index (χ2v) is 6.20. The number of aromatic nitrogens is 2. The van der Waals surface area contributed by atoms with Gasteiger partial charge in [-0.05, 0) is 45.3 Å². The number of amides is 1. The monoisotopic (exact) mass is 291 g/mol. The van der Waals surface area contributed by atoms with Gasteiger partial charge in [-0.1, -0.05) is 0 Å². The molecule has 1 atom stereocenters. The number of anilines is 1. The molecule has 0 aromatic carbocycles. The number of hydrogen-bond acceptors (Lipinski definition) is 4. The van der Waals surface area contributed by atoms with E-state index in [9.17, 15) is 4.79 Å². The Kier molecular flexibility index (Phi) is 4.55. The first-order valence-corrected chi connectivity index (χ1v) is 7.96. The maximum Gasteiger partial charge on any atom is 0.239 e. The van der Waals surface area contributed by atoms with Crippen LogP contribution in [-0.4, -0.2) is 64.3 Å². The first kappa shape index (κ1) is 14.5. The number of likely N-dealkylation sites (tertiary alicyclic amines) is 2. The Balaban J connectivity index is 1.48. The highest BCUT2D eigenvalue weighted by atomic mass is 16.2. The molecule has 1 aromatic heterocycles. The third-order valence-corrected chi connectivity index (χ3v) is 4.49. The standard InChI is InChI=1S/C15H25N5O/c1-18-10-6-14(17-18)16-15(21)12-19-7-4-5-13(11-19)20-8-2-3-9-20/h6,10,13H,2-5,7-9,11-12H2,1H3,(H,16,17,21)/t13-/m1/s1. The van der Waals surface area contributed by atoms with Gasteiger partial charge in [-0.25, -0.2) is 0 Å². The van der Waals surface area contributed by atoms with Crippen molar-refractivity contribution in [1.29, 1.82) is 0 Å². The molecular weight excluding hydrogens is 266 g/mol. The largest absolute Gasteiger partial charge is 0.308 e. The van der Waals surface area contributed by atoms with E-state index in [4.69, 9.17) is 0 Å². The summed E-state index contributed by atoms with van der Waals surface area (Å²) in [5.41, 5.74) is 0. The fourth-order valence-electron chi connectivity index (χ4n) is 3.45. The van der Waals surface area contributed by atoms with Crippen molar-refractivity contribution in [3.63, 3.8) is 0 Å². The van der Waals surface area contributed by atoms with E-state index in [-0.39, 0.29) is 5.91 Å². The van der Waals surface area contributed by atoms with Crippen LogP contribution in [0.15, 0.2) is 12.3 Å². The van der Waals surface area contributed by atoms with Crippen molar-refractivity contribution in [1.82, 2.24) is 19.6 Å². The van der Waals surface area contributed by atoms with Crippen LogP contribution >= 0.6 is 0 Å². The molecular formula is C15H25N5O. The van der Waals surface area contributed by atoms with Gasteiger partial charge in [0.15, 0.2) is 5.82 Å². The van der Waals surface area contributed by atoms with Gasteiger partial charge >= 0.3 is 0 Å². The molecule has 2 saturated heterocycles. The topological polar surface area (TPSA) is 53.4 Å². The zero-order valence-corrected chi connectivity index (χ0v) is 12.8. The summed E-state index contributed by atoms with van der Waals surface area (Å²) in [6, 6.07) is 2.46. The predicted molar refractivity (Wildman–Crippen MR) is 82.1 cm³/mol. The Labute approximate surface area is 126 Å². The van der Waals surface area contributed by atoms with Crippen LogP contribution in [-0.2, 0) is 11.8 Å². The van der Waals surface area contributed by atoms with E-state index in [1.165, 1.54) is 38.8 Å². The summed E-state index contributed by atoms with van der Waals surface area (Å²) in [5, 5.41) is 7.05. The highest BCUT2D eigenvalue weighted by Gasteiger charge is 2.27. The van der Waals surface area contributed by atoms with E-state index in [2.05, 4.69) is 20.2 Å². The Hall–Kier alpha value is -1.40. The number of carbonyl (C=O) groups is 1. The molecule has 0 saturated carbocycles. The molecule has 0 spiro atoms. The third-order valence-electron chi connectivity index (χ3n) is 4.49. The average Bonchev–Trinajstić information content (AvgIpc) is 3.11. The Bertz CT molecular complexity index is 480. The van der Waals surface area contributed by atoms with Gasteiger partial charge in [0.1, 0.15) is 0 Å². The van der Waals surface area contributed by atoms with E-state index < -0.39 is 0 Å². The lowest BCUT2D eigenvalue weighted by molar-refractivity contribution is -0.117. The zero-order valence-electron chi connectivity index (χ0n) is 12.8. The number of nitrogens with one attached hydrogen (secondary N) is 1. The molecule has 6 nitrogen and oxygen atoms in total. The first-order valence-electron chi connectivity index (χ1n) is 7.96. The number of carbonyl (C=O) groups excluding carboxylic acids is 1. The molecule has 2 aliphatic heterocycles. The molecule has 21 heavy (non-hydrogen) atoms. The minimum atomic E-state index is 0.0378. The van der Waals surface area contributed by atoms with Gasteiger partial charge < -0.3 is 5.32 Å². The minimum Gasteiger partial charge on any atom is -0.308 e.